The summed E-state index contributed by atoms with van der Waals surface area (Å²) in [5, 5.41) is 2.00. The minimum Gasteiger partial charge on any atom is -0.352 e. The molecule has 3 heterocycles. The van der Waals surface area contributed by atoms with Crippen LogP contribution in [0.3, 0.4) is 0 Å². The monoisotopic (exact) mass is 417 g/mol. The fourth-order valence-electron chi connectivity index (χ4n) is 3.01. The Kier molecular flexibility index (Phi) is 6.26. The molecule has 4 nitrogen and oxygen atoms in total. The third-order valence-electron chi connectivity index (χ3n) is 4.47. The number of amides is 1. The van der Waals surface area contributed by atoms with Crippen LogP contribution < -0.4 is 4.90 Å². The van der Waals surface area contributed by atoms with Crippen LogP contribution in [0.1, 0.15) is 23.3 Å². The van der Waals surface area contributed by atoms with Gasteiger partial charge in [0.2, 0.25) is 5.91 Å². The highest BCUT2D eigenvalue weighted by Crippen LogP contribution is 2.33. The summed E-state index contributed by atoms with van der Waals surface area (Å²) in [5.74, 6) is 0.437. The van der Waals surface area contributed by atoms with Crippen LogP contribution in [-0.2, 0) is 17.4 Å². The van der Waals surface area contributed by atoms with E-state index in [-0.39, 0.29) is 10.9 Å². The molecule has 1 fully saturated rings. The Morgan fingerprint density at radius 3 is 2.59 bits per heavy atom. The predicted molar refractivity (Wildman–Crippen MR) is 100 cm³/mol. The molecule has 1 amide bonds. The number of pyridine rings is 1. The number of hydrogen-bond donors (Lipinski definition) is 0. The third-order valence-corrected chi connectivity index (χ3v) is 5.69. The van der Waals surface area contributed by atoms with Crippen molar-refractivity contribution in [2.75, 3.05) is 31.1 Å². The van der Waals surface area contributed by atoms with Crippen LogP contribution in [0.4, 0.5) is 19.0 Å². The number of halogens is 4. The molecule has 2 aromatic rings. The lowest BCUT2D eigenvalue weighted by molar-refractivity contribution is -0.137. The Morgan fingerprint density at radius 1 is 1.26 bits per heavy atom. The van der Waals surface area contributed by atoms with E-state index in [0.29, 0.717) is 38.4 Å². The second-order valence-electron chi connectivity index (χ2n) is 6.33. The number of nitrogens with zero attached hydrogens (tertiary/aromatic N) is 3. The largest absolute Gasteiger partial charge is 0.417 e. The Bertz CT molecular complexity index is 775. The van der Waals surface area contributed by atoms with E-state index in [1.807, 2.05) is 16.3 Å². The second kappa shape index (κ2) is 8.48. The van der Waals surface area contributed by atoms with E-state index in [4.69, 9.17) is 11.6 Å². The summed E-state index contributed by atoms with van der Waals surface area (Å²) in [6, 6.07) is 4.96. The molecule has 0 aliphatic carbocycles. The van der Waals surface area contributed by atoms with Gasteiger partial charge in [-0.3, -0.25) is 4.79 Å². The highest BCUT2D eigenvalue weighted by atomic mass is 35.5. The number of carbonyl (C=O) groups is 1. The number of hydrogen-bond acceptors (Lipinski definition) is 4. The topological polar surface area (TPSA) is 36.4 Å². The summed E-state index contributed by atoms with van der Waals surface area (Å²) in [6.07, 6.45) is -1.47. The molecule has 0 radical (unpaired) electrons. The van der Waals surface area contributed by atoms with Crippen LogP contribution in [0.2, 0.25) is 5.02 Å². The van der Waals surface area contributed by atoms with E-state index in [2.05, 4.69) is 11.1 Å². The average molecular weight is 418 g/mol. The fraction of sp³-hybridized carbons (Fsp3) is 0.444. The zero-order chi connectivity index (χ0) is 19.4. The van der Waals surface area contributed by atoms with Crippen molar-refractivity contribution in [1.29, 1.82) is 0 Å². The van der Waals surface area contributed by atoms with Crippen molar-refractivity contribution in [3.8, 4) is 0 Å². The van der Waals surface area contributed by atoms with Gasteiger partial charge in [0.15, 0.2) is 0 Å². The summed E-state index contributed by atoms with van der Waals surface area (Å²) in [5.41, 5.74) is -0.865. The molecule has 1 aliphatic heterocycles. The minimum absolute atomic E-state index is 0.0273. The second-order valence-corrected chi connectivity index (χ2v) is 7.77. The van der Waals surface area contributed by atoms with Gasteiger partial charge >= 0.3 is 6.18 Å². The molecule has 0 aromatic carbocycles. The summed E-state index contributed by atoms with van der Waals surface area (Å²) in [4.78, 5) is 21.1. The zero-order valence-electron chi connectivity index (χ0n) is 14.5. The van der Waals surface area contributed by atoms with Gasteiger partial charge in [-0.1, -0.05) is 17.7 Å². The van der Waals surface area contributed by atoms with E-state index in [9.17, 15) is 18.0 Å². The highest BCUT2D eigenvalue weighted by molar-refractivity contribution is 7.09. The van der Waals surface area contributed by atoms with E-state index in [1.165, 1.54) is 4.88 Å². The van der Waals surface area contributed by atoms with Gasteiger partial charge < -0.3 is 9.80 Å². The Balaban J connectivity index is 1.50. The predicted octanol–water partition coefficient (Wildman–Crippen LogP) is 4.49. The lowest BCUT2D eigenvalue weighted by atomic mass is 10.2. The maximum Gasteiger partial charge on any atom is 0.417 e. The molecule has 0 atom stereocenters. The van der Waals surface area contributed by atoms with Gasteiger partial charge in [0, 0.05) is 43.7 Å². The van der Waals surface area contributed by atoms with Crippen molar-refractivity contribution >= 4 is 34.7 Å². The third kappa shape index (κ3) is 5.13. The van der Waals surface area contributed by atoms with Gasteiger partial charge in [-0.2, -0.15) is 13.2 Å². The van der Waals surface area contributed by atoms with Gasteiger partial charge in [0.1, 0.15) is 5.82 Å². The van der Waals surface area contributed by atoms with Gasteiger partial charge in [-0.25, -0.2) is 4.98 Å². The van der Waals surface area contributed by atoms with Gasteiger partial charge in [-0.15, -0.1) is 11.3 Å². The number of aromatic nitrogens is 1. The zero-order valence-corrected chi connectivity index (χ0v) is 16.1. The molecule has 0 bridgehead atoms. The van der Waals surface area contributed by atoms with Crippen LogP contribution in [0.5, 0.6) is 0 Å². The van der Waals surface area contributed by atoms with Gasteiger partial charge in [0.25, 0.3) is 0 Å². The fourth-order valence-corrected chi connectivity index (χ4v) is 4.05. The summed E-state index contributed by atoms with van der Waals surface area (Å²) in [7, 11) is 0. The van der Waals surface area contributed by atoms with Crippen molar-refractivity contribution in [3.05, 3.63) is 45.2 Å². The SMILES string of the molecule is O=C(CCCc1cccs1)N1CCN(c2ncc(C(F)(F)F)cc2Cl)CC1. The molecule has 0 N–H and O–H groups in total. The molecular formula is C18H19ClF3N3OS. The lowest BCUT2D eigenvalue weighted by Crippen LogP contribution is -2.49. The molecule has 0 saturated carbocycles. The average Bonchev–Trinajstić information content (AvgIpc) is 3.14. The molecule has 2 aromatic heterocycles. The Labute approximate surface area is 164 Å². The molecule has 0 spiro atoms. The van der Waals surface area contributed by atoms with E-state index in [1.54, 1.807) is 16.2 Å². The van der Waals surface area contributed by atoms with Crippen molar-refractivity contribution in [3.63, 3.8) is 0 Å². The molecular weight excluding hydrogens is 399 g/mol. The standard InChI is InChI=1S/C18H19ClF3N3OS/c19-15-11-13(18(20,21)22)12-23-17(15)25-8-6-24(7-9-25)16(26)5-1-3-14-4-2-10-27-14/h2,4,10-12H,1,3,5-9H2. The summed E-state index contributed by atoms with van der Waals surface area (Å²) < 4.78 is 38.2. The quantitative estimate of drug-likeness (QED) is 0.719. The van der Waals surface area contributed by atoms with Crippen molar-refractivity contribution in [2.24, 2.45) is 0 Å². The van der Waals surface area contributed by atoms with Crippen LogP contribution >= 0.6 is 22.9 Å². The van der Waals surface area contributed by atoms with E-state index < -0.39 is 11.7 Å². The number of thiophene rings is 1. The van der Waals surface area contributed by atoms with Crippen molar-refractivity contribution in [2.45, 2.75) is 25.4 Å². The Hall–Kier alpha value is -1.80. The number of carbonyl (C=O) groups excluding carboxylic acids is 1. The number of piperazine rings is 1. The first kappa shape index (κ1) is 19.9. The van der Waals surface area contributed by atoms with E-state index in [0.717, 1.165) is 25.1 Å². The number of anilines is 1. The first-order chi connectivity index (χ1) is 12.8. The van der Waals surface area contributed by atoms with Crippen molar-refractivity contribution < 1.29 is 18.0 Å². The first-order valence-corrected chi connectivity index (χ1v) is 9.88. The molecule has 146 valence electrons. The molecule has 1 aliphatic rings. The number of rotatable bonds is 5. The van der Waals surface area contributed by atoms with E-state index >= 15 is 0 Å². The highest BCUT2D eigenvalue weighted by Gasteiger charge is 2.32. The van der Waals surface area contributed by atoms with Crippen molar-refractivity contribution in [1.82, 2.24) is 9.88 Å². The molecule has 0 unspecified atom stereocenters. The van der Waals surface area contributed by atoms with Crippen LogP contribution in [0.25, 0.3) is 0 Å². The lowest BCUT2D eigenvalue weighted by Gasteiger charge is -2.36. The maximum absolute atomic E-state index is 12.7. The molecule has 9 heteroatoms. The van der Waals surface area contributed by atoms with Crippen LogP contribution in [0, 0.1) is 0 Å². The summed E-state index contributed by atoms with van der Waals surface area (Å²) >= 11 is 7.69. The van der Waals surface area contributed by atoms with Gasteiger partial charge in [-0.05, 0) is 30.4 Å². The molecule has 3 rings (SSSR count). The van der Waals surface area contributed by atoms with Gasteiger partial charge in [0.05, 0.1) is 10.6 Å². The van der Waals surface area contributed by atoms with Crippen LogP contribution in [0.15, 0.2) is 29.8 Å². The number of aryl methyl sites for hydroxylation is 1. The first-order valence-electron chi connectivity index (χ1n) is 8.62. The summed E-state index contributed by atoms with van der Waals surface area (Å²) in [6.45, 7) is 2.01. The normalized spacial score (nSPS) is 15.3. The smallest absolute Gasteiger partial charge is 0.352 e. The maximum atomic E-state index is 12.7. The Morgan fingerprint density at radius 2 is 2.00 bits per heavy atom. The van der Waals surface area contributed by atoms with Crippen LogP contribution in [-0.4, -0.2) is 42.0 Å². The molecule has 1 saturated heterocycles. The molecule has 27 heavy (non-hydrogen) atoms. The minimum atomic E-state index is -4.47. The number of alkyl halides is 3.